The quantitative estimate of drug-likeness (QED) is 0.688. The maximum absolute atomic E-state index is 3.47. The van der Waals surface area contributed by atoms with Crippen LogP contribution in [0.3, 0.4) is 0 Å². The Morgan fingerprint density at radius 1 is 1.38 bits per heavy atom. The largest absolute Gasteiger partial charge is 0.310 e. The summed E-state index contributed by atoms with van der Waals surface area (Å²) in [5.41, 5.74) is 2.99. The smallest absolute Gasteiger partial charge is 0.0210 e. The third-order valence-corrected chi connectivity index (χ3v) is 3.31. The molecule has 1 aromatic rings. The van der Waals surface area contributed by atoms with Gasteiger partial charge in [0.1, 0.15) is 0 Å². The molecule has 1 atom stereocenters. The molecule has 0 aliphatic carbocycles. The molecule has 1 N–H and O–H groups in total. The molecule has 0 fully saturated rings. The van der Waals surface area contributed by atoms with Gasteiger partial charge < -0.3 is 5.32 Å². The Bertz CT molecular complexity index is 309. The summed E-state index contributed by atoms with van der Waals surface area (Å²) in [5, 5.41) is 3.47. The summed E-state index contributed by atoms with van der Waals surface area (Å²) in [6.45, 7) is 3.28. The summed E-state index contributed by atoms with van der Waals surface area (Å²) in [6.07, 6.45) is 3.30. The Hall–Kier alpha value is -0.470. The van der Waals surface area contributed by atoms with Crippen LogP contribution in [0.1, 0.15) is 18.1 Å². The first-order chi connectivity index (χ1) is 6.29. The van der Waals surface area contributed by atoms with Gasteiger partial charge in [0.2, 0.25) is 0 Å². The lowest BCUT2D eigenvalue weighted by Gasteiger charge is -2.23. The van der Waals surface area contributed by atoms with Crippen LogP contribution in [0.25, 0.3) is 0 Å². The molecule has 0 saturated carbocycles. The monoisotopic (exact) mass is 193 g/mol. The minimum absolute atomic E-state index is 0.629. The van der Waals surface area contributed by atoms with Gasteiger partial charge in [-0.25, -0.2) is 0 Å². The average molecular weight is 193 g/mol. The molecule has 13 heavy (non-hydrogen) atoms. The number of hydrogen-bond acceptors (Lipinski definition) is 2. The van der Waals surface area contributed by atoms with Gasteiger partial charge in [-0.1, -0.05) is 6.07 Å². The van der Waals surface area contributed by atoms with Crippen LogP contribution in [0.5, 0.6) is 0 Å². The predicted octanol–water partition coefficient (Wildman–Crippen LogP) is 2.44. The second kappa shape index (κ2) is 3.72. The van der Waals surface area contributed by atoms with Crippen LogP contribution in [0, 0.1) is 0 Å². The van der Waals surface area contributed by atoms with Crippen molar-refractivity contribution in [1.29, 1.82) is 0 Å². The Kier molecular flexibility index (Phi) is 2.61. The number of thioether (sulfide) groups is 1. The highest BCUT2D eigenvalue weighted by atomic mass is 32.2. The zero-order chi connectivity index (χ0) is 9.26. The van der Waals surface area contributed by atoms with Gasteiger partial charge in [-0.05, 0) is 42.9 Å². The summed E-state index contributed by atoms with van der Waals surface area (Å²) in [6, 6.07) is 7.42. The second-order valence-electron chi connectivity index (χ2n) is 3.62. The summed E-state index contributed by atoms with van der Waals surface area (Å²) in [7, 11) is 0. The Morgan fingerprint density at radius 2 is 2.23 bits per heavy atom. The van der Waals surface area contributed by atoms with E-state index < -0.39 is 0 Å². The Morgan fingerprint density at radius 3 is 3.00 bits per heavy atom. The molecule has 70 valence electrons. The van der Waals surface area contributed by atoms with Crippen LogP contribution in [-0.4, -0.2) is 12.3 Å². The van der Waals surface area contributed by atoms with Crippen molar-refractivity contribution in [1.82, 2.24) is 5.32 Å². The second-order valence-corrected chi connectivity index (χ2v) is 4.50. The predicted molar refractivity (Wildman–Crippen MR) is 58.2 cm³/mol. The maximum atomic E-state index is 3.47. The average Bonchev–Trinajstić information content (AvgIpc) is 2.16. The molecular weight excluding hydrogens is 178 g/mol. The lowest BCUT2D eigenvalue weighted by Crippen LogP contribution is -2.32. The molecule has 2 rings (SSSR count). The van der Waals surface area contributed by atoms with Crippen molar-refractivity contribution in [2.45, 2.75) is 30.8 Å². The summed E-state index contributed by atoms with van der Waals surface area (Å²) in [4.78, 5) is 1.38. The Labute approximate surface area is 83.9 Å². The Balaban J connectivity index is 2.32. The summed E-state index contributed by atoms with van der Waals surface area (Å²) in [5.74, 6) is 0. The molecular formula is C11H15NS. The fourth-order valence-electron chi connectivity index (χ4n) is 1.78. The number of benzene rings is 1. The highest BCUT2D eigenvalue weighted by Gasteiger charge is 2.13. The molecule has 1 aliphatic rings. The van der Waals surface area contributed by atoms with Crippen LogP contribution >= 0.6 is 11.8 Å². The highest BCUT2D eigenvalue weighted by Crippen LogP contribution is 2.22. The van der Waals surface area contributed by atoms with Crippen LogP contribution in [-0.2, 0) is 13.0 Å². The minimum atomic E-state index is 0.629. The normalized spacial score (nSPS) is 21.2. The molecule has 0 amide bonds. The van der Waals surface area contributed by atoms with Gasteiger partial charge in [-0.15, -0.1) is 11.8 Å². The van der Waals surface area contributed by atoms with E-state index in [0.717, 1.165) is 6.54 Å². The lowest BCUT2D eigenvalue weighted by molar-refractivity contribution is 0.513. The van der Waals surface area contributed by atoms with E-state index in [9.17, 15) is 0 Å². The first kappa shape index (κ1) is 9.10. The van der Waals surface area contributed by atoms with E-state index in [0.29, 0.717) is 6.04 Å². The highest BCUT2D eigenvalue weighted by molar-refractivity contribution is 7.98. The fraction of sp³-hybridized carbons (Fsp3) is 0.455. The first-order valence-corrected chi connectivity index (χ1v) is 5.91. The SMILES string of the molecule is CSc1ccc2c(c1)C[C@H](C)NC2. The summed E-state index contributed by atoms with van der Waals surface area (Å²) >= 11 is 1.82. The molecule has 0 radical (unpaired) electrons. The number of nitrogens with one attached hydrogen (secondary N) is 1. The van der Waals surface area contributed by atoms with Gasteiger partial charge in [-0.3, -0.25) is 0 Å². The van der Waals surface area contributed by atoms with Crippen molar-refractivity contribution < 1.29 is 0 Å². The lowest BCUT2D eigenvalue weighted by atomic mass is 9.97. The van der Waals surface area contributed by atoms with Crippen molar-refractivity contribution in [2.24, 2.45) is 0 Å². The fourth-order valence-corrected chi connectivity index (χ4v) is 2.24. The first-order valence-electron chi connectivity index (χ1n) is 4.69. The topological polar surface area (TPSA) is 12.0 Å². The zero-order valence-electron chi connectivity index (χ0n) is 8.13. The van der Waals surface area contributed by atoms with Gasteiger partial charge in [0.05, 0.1) is 0 Å². The van der Waals surface area contributed by atoms with E-state index in [1.165, 1.54) is 22.4 Å². The molecule has 2 heteroatoms. The van der Waals surface area contributed by atoms with Crippen molar-refractivity contribution in [3.63, 3.8) is 0 Å². The van der Waals surface area contributed by atoms with Gasteiger partial charge in [0, 0.05) is 17.5 Å². The van der Waals surface area contributed by atoms with Crippen molar-refractivity contribution in [3.05, 3.63) is 29.3 Å². The van der Waals surface area contributed by atoms with Crippen LogP contribution in [0.4, 0.5) is 0 Å². The van der Waals surface area contributed by atoms with E-state index in [2.05, 4.69) is 36.7 Å². The van der Waals surface area contributed by atoms with Crippen molar-refractivity contribution in [2.75, 3.05) is 6.26 Å². The van der Waals surface area contributed by atoms with E-state index in [4.69, 9.17) is 0 Å². The third kappa shape index (κ3) is 1.89. The zero-order valence-corrected chi connectivity index (χ0v) is 8.95. The van der Waals surface area contributed by atoms with Crippen molar-refractivity contribution >= 4 is 11.8 Å². The van der Waals surface area contributed by atoms with Gasteiger partial charge >= 0.3 is 0 Å². The van der Waals surface area contributed by atoms with Gasteiger partial charge in [0.25, 0.3) is 0 Å². The molecule has 1 heterocycles. The van der Waals surface area contributed by atoms with Crippen LogP contribution < -0.4 is 5.32 Å². The third-order valence-electron chi connectivity index (χ3n) is 2.58. The molecule has 1 nitrogen and oxygen atoms in total. The number of hydrogen-bond donors (Lipinski definition) is 1. The molecule has 0 saturated heterocycles. The minimum Gasteiger partial charge on any atom is -0.310 e. The van der Waals surface area contributed by atoms with E-state index >= 15 is 0 Å². The van der Waals surface area contributed by atoms with Crippen LogP contribution in [0.2, 0.25) is 0 Å². The number of fused-ring (bicyclic) bond motifs is 1. The van der Waals surface area contributed by atoms with E-state index in [1.807, 2.05) is 11.8 Å². The molecule has 0 bridgehead atoms. The van der Waals surface area contributed by atoms with Crippen LogP contribution in [0.15, 0.2) is 23.1 Å². The molecule has 0 aromatic heterocycles. The maximum Gasteiger partial charge on any atom is 0.0210 e. The molecule has 1 aliphatic heterocycles. The van der Waals surface area contributed by atoms with E-state index in [1.54, 1.807) is 0 Å². The van der Waals surface area contributed by atoms with Crippen molar-refractivity contribution in [3.8, 4) is 0 Å². The number of rotatable bonds is 1. The van der Waals surface area contributed by atoms with Gasteiger partial charge in [0.15, 0.2) is 0 Å². The van der Waals surface area contributed by atoms with E-state index in [-0.39, 0.29) is 0 Å². The molecule has 0 unspecified atom stereocenters. The summed E-state index contributed by atoms with van der Waals surface area (Å²) < 4.78 is 0. The standard InChI is InChI=1S/C11H15NS/c1-8-5-10-6-11(13-2)4-3-9(10)7-12-8/h3-4,6,8,12H,5,7H2,1-2H3/t8-/m0/s1. The van der Waals surface area contributed by atoms with Gasteiger partial charge in [-0.2, -0.15) is 0 Å². The molecule has 0 spiro atoms. The molecule has 1 aromatic carbocycles.